The molecule has 0 radical (unpaired) electrons. The molecular weight excluding hydrogens is 173 g/mol. The molecule has 0 aromatic heterocycles. The maximum absolute atomic E-state index is 10.2. The van der Waals surface area contributed by atoms with Gasteiger partial charge in [-0.25, -0.2) is 0 Å². The molecule has 0 aliphatic heterocycles. The highest BCUT2D eigenvalue weighted by Crippen LogP contribution is 2.34. The molecule has 7 heteroatoms. The molecule has 0 rings (SSSR count). The molecule has 0 saturated carbocycles. The second-order valence-electron chi connectivity index (χ2n) is 2.11. The van der Waals surface area contributed by atoms with Gasteiger partial charge >= 0.3 is 7.60 Å². The van der Waals surface area contributed by atoms with Crippen molar-refractivity contribution in [2.45, 2.75) is 6.42 Å². The van der Waals surface area contributed by atoms with Gasteiger partial charge in [0.2, 0.25) is 0 Å². The van der Waals surface area contributed by atoms with E-state index in [2.05, 4.69) is 0 Å². The summed E-state index contributed by atoms with van der Waals surface area (Å²) >= 11 is 0. The molecule has 0 aromatic carbocycles. The summed E-state index contributed by atoms with van der Waals surface area (Å²) in [5.74, 6) is 0. The quantitative estimate of drug-likeness (QED) is 0.254. The predicted octanol–water partition coefficient (Wildman–Crippen LogP) is -0.805. The third-order valence-electron chi connectivity index (χ3n) is 1.03. The van der Waals surface area contributed by atoms with E-state index in [-0.39, 0.29) is 19.1 Å². The van der Waals surface area contributed by atoms with Gasteiger partial charge in [-0.2, -0.15) is 5.06 Å². The van der Waals surface area contributed by atoms with Gasteiger partial charge in [0.1, 0.15) is 6.73 Å². The van der Waals surface area contributed by atoms with Gasteiger partial charge < -0.3 is 20.1 Å². The molecule has 0 heterocycles. The van der Waals surface area contributed by atoms with E-state index in [1.807, 2.05) is 0 Å². The molecule has 11 heavy (non-hydrogen) atoms. The summed E-state index contributed by atoms with van der Waals surface area (Å²) in [6.07, 6.45) is -0.120. The van der Waals surface area contributed by atoms with Crippen molar-refractivity contribution in [3.8, 4) is 0 Å². The number of hydroxylamine groups is 2. The van der Waals surface area contributed by atoms with Gasteiger partial charge in [-0.15, -0.1) is 0 Å². The molecule has 0 aliphatic rings. The Labute approximate surface area is 64.2 Å². The van der Waals surface area contributed by atoms with Crippen LogP contribution < -0.4 is 0 Å². The Bertz CT molecular complexity index is 145. The number of nitrogens with zero attached hydrogens (tertiary/aromatic N) is 1. The van der Waals surface area contributed by atoms with Crippen molar-refractivity contribution in [1.82, 2.24) is 5.06 Å². The van der Waals surface area contributed by atoms with E-state index >= 15 is 0 Å². The van der Waals surface area contributed by atoms with Gasteiger partial charge in [0, 0.05) is 6.54 Å². The summed E-state index contributed by atoms with van der Waals surface area (Å²) in [6.45, 7) is -0.469. The average Bonchev–Trinajstić information content (AvgIpc) is 1.85. The second-order valence-corrected chi connectivity index (χ2v) is 3.89. The zero-order chi connectivity index (χ0) is 8.91. The first-order valence-electron chi connectivity index (χ1n) is 3.05. The Morgan fingerprint density at radius 2 is 1.91 bits per heavy atom. The van der Waals surface area contributed by atoms with Gasteiger partial charge in [0.25, 0.3) is 0 Å². The number of hydrogen-bond acceptors (Lipinski definition) is 4. The average molecular weight is 185 g/mol. The van der Waals surface area contributed by atoms with E-state index in [9.17, 15) is 4.57 Å². The Kier molecular flexibility index (Phi) is 4.83. The molecule has 0 spiro atoms. The van der Waals surface area contributed by atoms with Gasteiger partial charge in [-0.3, -0.25) is 4.57 Å². The van der Waals surface area contributed by atoms with Crippen LogP contribution in [0.3, 0.4) is 0 Å². The van der Waals surface area contributed by atoms with Crippen molar-refractivity contribution in [2.24, 2.45) is 0 Å². The van der Waals surface area contributed by atoms with Crippen LogP contribution in [0.25, 0.3) is 0 Å². The van der Waals surface area contributed by atoms with E-state index in [1.165, 1.54) is 0 Å². The molecule has 0 aromatic rings. The van der Waals surface area contributed by atoms with Crippen LogP contribution in [0.4, 0.5) is 0 Å². The summed E-state index contributed by atoms with van der Waals surface area (Å²) in [5, 5.41) is 17.4. The van der Waals surface area contributed by atoms with Gasteiger partial charge in [0.05, 0.1) is 6.16 Å². The molecule has 0 atom stereocenters. The van der Waals surface area contributed by atoms with Crippen LogP contribution in [0.2, 0.25) is 0 Å². The number of aliphatic hydroxyl groups is 1. The molecule has 6 nitrogen and oxygen atoms in total. The van der Waals surface area contributed by atoms with Gasteiger partial charge in [0.15, 0.2) is 0 Å². The van der Waals surface area contributed by atoms with E-state index in [0.717, 1.165) is 0 Å². The highest BCUT2D eigenvalue weighted by Gasteiger charge is 2.12. The first-order valence-corrected chi connectivity index (χ1v) is 4.85. The minimum atomic E-state index is -3.95. The minimum absolute atomic E-state index is 0.0572. The lowest BCUT2D eigenvalue weighted by Gasteiger charge is -2.10. The van der Waals surface area contributed by atoms with Crippen molar-refractivity contribution >= 4 is 7.60 Å². The predicted molar refractivity (Wildman–Crippen MR) is 37.1 cm³/mol. The van der Waals surface area contributed by atoms with Gasteiger partial charge in [-0.05, 0) is 6.42 Å². The molecule has 68 valence electrons. The topological polar surface area (TPSA) is 101 Å². The summed E-state index contributed by atoms with van der Waals surface area (Å²) in [6, 6.07) is 0. The molecule has 4 N–H and O–H groups in total. The number of hydrogen-bond donors (Lipinski definition) is 4. The first kappa shape index (κ1) is 11.0. The fraction of sp³-hybridized carbons (Fsp3) is 1.00. The molecule has 0 aliphatic carbocycles. The Morgan fingerprint density at radius 3 is 2.27 bits per heavy atom. The van der Waals surface area contributed by atoms with Crippen LogP contribution in [0, 0.1) is 0 Å². The van der Waals surface area contributed by atoms with Crippen LogP contribution in [0.5, 0.6) is 0 Å². The van der Waals surface area contributed by atoms with Crippen LogP contribution in [-0.2, 0) is 4.57 Å². The largest absolute Gasteiger partial charge is 0.379 e. The highest BCUT2D eigenvalue weighted by atomic mass is 31.2. The zero-order valence-corrected chi connectivity index (χ0v) is 6.81. The second kappa shape index (κ2) is 4.82. The van der Waals surface area contributed by atoms with E-state index in [4.69, 9.17) is 20.1 Å². The third-order valence-corrected chi connectivity index (χ3v) is 1.93. The summed E-state index contributed by atoms with van der Waals surface area (Å²) in [7, 11) is -3.95. The third kappa shape index (κ3) is 7.93. The molecule has 0 amide bonds. The minimum Gasteiger partial charge on any atom is -0.379 e. The van der Waals surface area contributed by atoms with Crippen molar-refractivity contribution in [3.63, 3.8) is 0 Å². The smallest absolute Gasteiger partial charge is 0.325 e. The molecule has 0 fully saturated rings. The van der Waals surface area contributed by atoms with E-state index in [1.54, 1.807) is 0 Å². The lowest BCUT2D eigenvalue weighted by molar-refractivity contribution is -0.141. The van der Waals surface area contributed by atoms with Gasteiger partial charge in [-0.1, -0.05) is 0 Å². The van der Waals surface area contributed by atoms with Crippen molar-refractivity contribution < 1.29 is 24.7 Å². The van der Waals surface area contributed by atoms with Crippen LogP contribution >= 0.6 is 7.60 Å². The summed E-state index contributed by atoms with van der Waals surface area (Å²) in [5.41, 5.74) is 0. The first-order chi connectivity index (χ1) is 4.95. The van der Waals surface area contributed by atoms with Crippen molar-refractivity contribution in [2.75, 3.05) is 19.4 Å². The Hall–Kier alpha value is 0.0300. The van der Waals surface area contributed by atoms with Crippen molar-refractivity contribution in [1.29, 1.82) is 0 Å². The lowest BCUT2D eigenvalue weighted by Crippen LogP contribution is -2.21. The van der Waals surface area contributed by atoms with Crippen LogP contribution in [0.1, 0.15) is 6.42 Å². The Balaban J connectivity index is 3.35. The van der Waals surface area contributed by atoms with Crippen LogP contribution in [-0.4, -0.2) is 44.6 Å². The highest BCUT2D eigenvalue weighted by molar-refractivity contribution is 7.51. The Morgan fingerprint density at radius 1 is 1.36 bits per heavy atom. The molecule has 0 saturated heterocycles. The molecule has 0 bridgehead atoms. The maximum Gasteiger partial charge on any atom is 0.325 e. The fourth-order valence-corrected chi connectivity index (χ4v) is 1.08. The van der Waals surface area contributed by atoms with E-state index < -0.39 is 14.3 Å². The van der Waals surface area contributed by atoms with Crippen molar-refractivity contribution in [3.05, 3.63) is 0 Å². The SMILES string of the molecule is O=P(O)(O)CCCN(O)CO. The number of aliphatic hydroxyl groups excluding tert-OH is 1. The maximum atomic E-state index is 10.2. The fourth-order valence-electron chi connectivity index (χ4n) is 0.530. The van der Waals surface area contributed by atoms with Crippen LogP contribution in [0.15, 0.2) is 0 Å². The monoisotopic (exact) mass is 185 g/mol. The van der Waals surface area contributed by atoms with E-state index in [0.29, 0.717) is 5.06 Å². The normalized spacial score (nSPS) is 12.5. The molecule has 0 unspecified atom stereocenters. The molecular formula is C4H12NO5P. The standard InChI is InChI=1S/C4H12NO5P/c6-4-5(7)2-1-3-11(8,9)10/h6-7H,1-4H2,(H2,8,9,10). The summed E-state index contributed by atoms with van der Waals surface area (Å²) < 4.78 is 10.2. The summed E-state index contributed by atoms with van der Waals surface area (Å²) in [4.78, 5) is 16.7. The number of rotatable bonds is 5. The zero-order valence-electron chi connectivity index (χ0n) is 5.92. The lowest BCUT2D eigenvalue weighted by atomic mass is 10.5.